The van der Waals surface area contributed by atoms with E-state index in [0.717, 1.165) is 6.26 Å². The second-order valence-electron chi connectivity index (χ2n) is 5.60. The molecule has 1 aromatic carbocycles. The average Bonchev–Trinajstić information content (AvgIpc) is 2.61. The number of benzene rings is 1. The van der Waals surface area contributed by atoms with Crippen molar-refractivity contribution in [1.29, 1.82) is 0 Å². The fourth-order valence-electron chi connectivity index (χ4n) is 2.70. The molecule has 0 spiro atoms. The van der Waals surface area contributed by atoms with Gasteiger partial charge in [0.15, 0.2) is 9.84 Å². The van der Waals surface area contributed by atoms with Crippen LogP contribution < -0.4 is 4.90 Å². The molecule has 1 aliphatic rings. The van der Waals surface area contributed by atoms with Gasteiger partial charge in [0, 0.05) is 44.8 Å². The lowest BCUT2D eigenvalue weighted by molar-refractivity contribution is 0.0742. The van der Waals surface area contributed by atoms with E-state index in [4.69, 9.17) is 0 Å². The maximum Gasteiger partial charge on any atom is 0.255 e. The molecule has 2 aromatic rings. The van der Waals surface area contributed by atoms with Crippen molar-refractivity contribution in [2.45, 2.75) is 4.90 Å². The highest BCUT2D eigenvalue weighted by Crippen LogP contribution is 2.19. The zero-order chi connectivity index (χ0) is 17.2. The second kappa shape index (κ2) is 6.56. The van der Waals surface area contributed by atoms with Gasteiger partial charge in [0.1, 0.15) is 0 Å². The summed E-state index contributed by atoms with van der Waals surface area (Å²) in [5, 5.41) is 0. The Morgan fingerprint density at radius 2 is 1.62 bits per heavy atom. The van der Waals surface area contributed by atoms with E-state index in [1.165, 1.54) is 6.07 Å². The Bertz CT molecular complexity index is 831. The van der Waals surface area contributed by atoms with Gasteiger partial charge in [-0.15, -0.1) is 0 Å². The number of carbonyl (C=O) groups excluding carboxylic acids is 1. The van der Waals surface area contributed by atoms with Crippen LogP contribution in [0.5, 0.6) is 0 Å². The molecular formula is C16H18N4O3S. The van der Waals surface area contributed by atoms with Crippen molar-refractivity contribution in [3.05, 3.63) is 48.3 Å². The smallest absolute Gasteiger partial charge is 0.255 e. The summed E-state index contributed by atoms with van der Waals surface area (Å²) in [7, 11) is -3.45. The number of nitrogens with zero attached hydrogens (tertiary/aromatic N) is 4. The lowest BCUT2D eigenvalue weighted by Crippen LogP contribution is -2.49. The molecule has 1 fully saturated rings. The van der Waals surface area contributed by atoms with Gasteiger partial charge in [0.05, 0.1) is 10.5 Å². The first-order chi connectivity index (χ1) is 11.5. The van der Waals surface area contributed by atoms with E-state index >= 15 is 0 Å². The monoisotopic (exact) mass is 346 g/mol. The molecule has 0 radical (unpaired) electrons. The molecule has 1 saturated heterocycles. The Morgan fingerprint density at radius 3 is 2.25 bits per heavy atom. The van der Waals surface area contributed by atoms with E-state index in [2.05, 4.69) is 9.97 Å². The van der Waals surface area contributed by atoms with Crippen molar-refractivity contribution in [1.82, 2.24) is 14.9 Å². The van der Waals surface area contributed by atoms with Gasteiger partial charge < -0.3 is 9.80 Å². The zero-order valence-corrected chi connectivity index (χ0v) is 14.1. The number of piperazine rings is 1. The first kappa shape index (κ1) is 16.4. The molecule has 7 nitrogen and oxygen atoms in total. The van der Waals surface area contributed by atoms with Crippen LogP contribution in [-0.2, 0) is 9.84 Å². The molecule has 0 unspecified atom stereocenters. The summed E-state index contributed by atoms with van der Waals surface area (Å²) in [5.74, 6) is 0.380. The molecule has 1 amide bonds. The third-order valence-corrected chi connectivity index (χ3v) is 5.07. The van der Waals surface area contributed by atoms with Crippen molar-refractivity contribution in [2.75, 3.05) is 37.3 Å². The fraction of sp³-hybridized carbons (Fsp3) is 0.312. The zero-order valence-electron chi connectivity index (χ0n) is 13.3. The summed E-state index contributed by atoms with van der Waals surface area (Å²) in [6, 6.07) is 8.08. The summed E-state index contributed by atoms with van der Waals surface area (Å²) in [6.07, 6.45) is 4.48. The highest BCUT2D eigenvalue weighted by Gasteiger charge is 2.26. The Balaban J connectivity index is 1.75. The topological polar surface area (TPSA) is 83.5 Å². The molecular weight excluding hydrogens is 328 g/mol. The standard InChI is InChI=1S/C16H18N4O3S/c1-24(22,23)14-6-3-2-5-13(14)15(21)19-9-11-20(12-10-19)16-17-7-4-8-18-16/h2-8H,9-12H2,1H3. The van der Waals surface area contributed by atoms with Gasteiger partial charge in [-0.25, -0.2) is 18.4 Å². The normalized spacial score (nSPS) is 15.4. The van der Waals surface area contributed by atoms with Gasteiger partial charge in [-0.2, -0.15) is 0 Å². The minimum Gasteiger partial charge on any atom is -0.337 e. The number of rotatable bonds is 3. The van der Waals surface area contributed by atoms with Crippen molar-refractivity contribution >= 4 is 21.7 Å². The lowest BCUT2D eigenvalue weighted by atomic mass is 10.2. The second-order valence-corrected chi connectivity index (χ2v) is 7.58. The van der Waals surface area contributed by atoms with Crippen molar-refractivity contribution in [2.24, 2.45) is 0 Å². The number of amides is 1. The number of anilines is 1. The van der Waals surface area contributed by atoms with Gasteiger partial charge in [-0.3, -0.25) is 4.79 Å². The molecule has 1 aromatic heterocycles. The summed E-state index contributed by atoms with van der Waals surface area (Å²) in [5.41, 5.74) is 0.226. The van der Waals surface area contributed by atoms with Crippen LogP contribution in [-0.4, -0.2) is 61.6 Å². The van der Waals surface area contributed by atoms with E-state index in [9.17, 15) is 13.2 Å². The molecule has 0 saturated carbocycles. The van der Waals surface area contributed by atoms with Crippen LogP contribution in [0, 0.1) is 0 Å². The van der Waals surface area contributed by atoms with E-state index in [-0.39, 0.29) is 16.4 Å². The van der Waals surface area contributed by atoms with Crippen LogP contribution in [0.4, 0.5) is 5.95 Å². The highest BCUT2D eigenvalue weighted by atomic mass is 32.2. The van der Waals surface area contributed by atoms with Crippen molar-refractivity contribution in [3.63, 3.8) is 0 Å². The number of aromatic nitrogens is 2. The quantitative estimate of drug-likeness (QED) is 0.819. The first-order valence-electron chi connectivity index (χ1n) is 7.57. The number of sulfone groups is 1. The third-order valence-electron chi connectivity index (χ3n) is 3.92. The lowest BCUT2D eigenvalue weighted by Gasteiger charge is -2.34. The Morgan fingerprint density at radius 1 is 1.00 bits per heavy atom. The molecule has 0 N–H and O–H groups in total. The summed E-state index contributed by atoms with van der Waals surface area (Å²) in [6.45, 7) is 2.21. The maximum atomic E-state index is 12.7. The Labute approximate surface area is 140 Å². The van der Waals surface area contributed by atoms with E-state index in [1.54, 1.807) is 41.6 Å². The molecule has 24 heavy (non-hydrogen) atoms. The molecule has 0 atom stereocenters. The van der Waals surface area contributed by atoms with Crippen LogP contribution >= 0.6 is 0 Å². The largest absolute Gasteiger partial charge is 0.337 e. The molecule has 126 valence electrons. The highest BCUT2D eigenvalue weighted by molar-refractivity contribution is 7.90. The number of hydrogen-bond donors (Lipinski definition) is 0. The van der Waals surface area contributed by atoms with E-state index < -0.39 is 9.84 Å². The summed E-state index contributed by atoms with van der Waals surface area (Å²) >= 11 is 0. The third kappa shape index (κ3) is 3.38. The molecule has 0 aliphatic carbocycles. The fourth-order valence-corrected chi connectivity index (χ4v) is 3.58. The molecule has 0 bridgehead atoms. The molecule has 1 aliphatic heterocycles. The number of hydrogen-bond acceptors (Lipinski definition) is 6. The molecule has 3 rings (SSSR count). The van der Waals surface area contributed by atoms with Gasteiger partial charge in [0.25, 0.3) is 5.91 Å². The minimum atomic E-state index is -3.45. The van der Waals surface area contributed by atoms with Crippen LogP contribution in [0.2, 0.25) is 0 Å². The van der Waals surface area contributed by atoms with Crippen LogP contribution in [0.15, 0.2) is 47.6 Å². The minimum absolute atomic E-state index is 0.0730. The maximum absolute atomic E-state index is 12.7. The van der Waals surface area contributed by atoms with Gasteiger partial charge in [0.2, 0.25) is 5.95 Å². The van der Waals surface area contributed by atoms with E-state index in [0.29, 0.717) is 32.1 Å². The van der Waals surface area contributed by atoms with Crippen molar-refractivity contribution in [3.8, 4) is 0 Å². The summed E-state index contributed by atoms with van der Waals surface area (Å²) < 4.78 is 23.8. The Hall–Kier alpha value is -2.48. The predicted octanol–water partition coefficient (Wildman–Crippen LogP) is 0.843. The predicted molar refractivity (Wildman–Crippen MR) is 89.7 cm³/mol. The number of carbonyl (C=O) groups is 1. The van der Waals surface area contributed by atoms with Gasteiger partial charge in [-0.1, -0.05) is 12.1 Å². The molecule has 2 heterocycles. The van der Waals surface area contributed by atoms with Crippen LogP contribution in [0.3, 0.4) is 0 Å². The van der Waals surface area contributed by atoms with E-state index in [1.807, 2.05) is 4.90 Å². The van der Waals surface area contributed by atoms with Gasteiger partial charge >= 0.3 is 0 Å². The van der Waals surface area contributed by atoms with Crippen LogP contribution in [0.25, 0.3) is 0 Å². The van der Waals surface area contributed by atoms with Gasteiger partial charge in [-0.05, 0) is 18.2 Å². The van der Waals surface area contributed by atoms with Crippen molar-refractivity contribution < 1.29 is 13.2 Å². The van der Waals surface area contributed by atoms with Crippen LogP contribution in [0.1, 0.15) is 10.4 Å². The summed E-state index contributed by atoms with van der Waals surface area (Å²) in [4.78, 5) is 24.9. The SMILES string of the molecule is CS(=O)(=O)c1ccccc1C(=O)N1CCN(c2ncccn2)CC1. The average molecular weight is 346 g/mol. The Kier molecular flexibility index (Phi) is 4.48. The first-order valence-corrected chi connectivity index (χ1v) is 9.46. The molecule has 8 heteroatoms.